The van der Waals surface area contributed by atoms with Crippen molar-refractivity contribution in [3.63, 3.8) is 0 Å². The van der Waals surface area contributed by atoms with E-state index in [1.54, 1.807) is 12.1 Å². The van der Waals surface area contributed by atoms with E-state index in [1.807, 2.05) is 6.07 Å². The highest BCUT2D eigenvalue weighted by molar-refractivity contribution is 5.88. The fourth-order valence-electron chi connectivity index (χ4n) is 3.11. The molecular formula is C14H15NO3. The van der Waals surface area contributed by atoms with Crippen molar-refractivity contribution in [3.8, 4) is 0 Å². The standard InChI is InChI=1S/C14H15NO3/c16-12(17)10-1-2-11-8-14(4-3-9(11)7-10)5-6-15-13(14)18/h1-2,7H,3-6,8H2,(H,15,18)(H,16,17). The molecule has 0 bridgehead atoms. The smallest absolute Gasteiger partial charge is 0.335 e. The SMILES string of the molecule is O=C(O)c1ccc2c(c1)CCC1(CCNC1=O)C2. The van der Waals surface area contributed by atoms with Crippen LogP contribution in [0, 0.1) is 5.41 Å². The quantitative estimate of drug-likeness (QED) is 0.785. The maximum atomic E-state index is 11.9. The lowest BCUT2D eigenvalue weighted by atomic mass is 9.70. The summed E-state index contributed by atoms with van der Waals surface area (Å²) in [5, 5.41) is 11.9. The van der Waals surface area contributed by atoms with Crippen LogP contribution in [0.15, 0.2) is 18.2 Å². The Morgan fingerprint density at radius 1 is 1.28 bits per heavy atom. The number of fused-ring (bicyclic) bond motifs is 1. The van der Waals surface area contributed by atoms with Crippen molar-refractivity contribution in [2.75, 3.05) is 6.54 Å². The third-order valence-electron chi connectivity index (χ3n) is 4.23. The summed E-state index contributed by atoms with van der Waals surface area (Å²) < 4.78 is 0. The molecule has 0 aromatic heterocycles. The maximum Gasteiger partial charge on any atom is 0.335 e. The Morgan fingerprint density at radius 3 is 2.78 bits per heavy atom. The average Bonchev–Trinajstić information content (AvgIpc) is 2.70. The number of amides is 1. The van der Waals surface area contributed by atoms with E-state index in [0.29, 0.717) is 5.56 Å². The second-order valence-electron chi connectivity index (χ2n) is 5.25. The highest BCUT2D eigenvalue weighted by Gasteiger charge is 2.44. The van der Waals surface area contributed by atoms with E-state index in [0.717, 1.165) is 43.4 Å². The topological polar surface area (TPSA) is 66.4 Å². The first kappa shape index (κ1) is 11.3. The molecule has 1 fully saturated rings. The number of carbonyl (C=O) groups is 2. The van der Waals surface area contributed by atoms with Gasteiger partial charge in [0.15, 0.2) is 0 Å². The van der Waals surface area contributed by atoms with E-state index in [9.17, 15) is 9.59 Å². The molecule has 2 N–H and O–H groups in total. The van der Waals surface area contributed by atoms with Crippen LogP contribution in [-0.4, -0.2) is 23.5 Å². The van der Waals surface area contributed by atoms with E-state index in [4.69, 9.17) is 5.11 Å². The Kier molecular flexibility index (Phi) is 2.40. The number of rotatable bonds is 1. The summed E-state index contributed by atoms with van der Waals surface area (Å²) in [5.74, 6) is -0.729. The summed E-state index contributed by atoms with van der Waals surface area (Å²) in [6.07, 6.45) is 3.26. The minimum Gasteiger partial charge on any atom is -0.478 e. The number of nitrogens with one attached hydrogen (secondary N) is 1. The second-order valence-corrected chi connectivity index (χ2v) is 5.25. The largest absolute Gasteiger partial charge is 0.478 e. The molecule has 1 heterocycles. The van der Waals surface area contributed by atoms with Crippen LogP contribution >= 0.6 is 0 Å². The van der Waals surface area contributed by atoms with E-state index in [2.05, 4.69) is 5.32 Å². The van der Waals surface area contributed by atoms with Gasteiger partial charge in [0.1, 0.15) is 0 Å². The molecule has 0 radical (unpaired) electrons. The van der Waals surface area contributed by atoms with Crippen molar-refractivity contribution in [1.82, 2.24) is 5.32 Å². The highest BCUT2D eigenvalue weighted by atomic mass is 16.4. The Morgan fingerprint density at radius 2 is 2.11 bits per heavy atom. The molecule has 1 spiro atoms. The fraction of sp³-hybridized carbons (Fsp3) is 0.429. The van der Waals surface area contributed by atoms with E-state index < -0.39 is 5.97 Å². The molecule has 1 aliphatic carbocycles. The van der Waals surface area contributed by atoms with Crippen molar-refractivity contribution < 1.29 is 14.7 Å². The van der Waals surface area contributed by atoms with Gasteiger partial charge in [-0.15, -0.1) is 0 Å². The molecule has 1 aromatic carbocycles. The Bertz CT molecular complexity index is 538. The summed E-state index contributed by atoms with van der Waals surface area (Å²) >= 11 is 0. The molecule has 18 heavy (non-hydrogen) atoms. The molecule has 1 saturated heterocycles. The summed E-state index contributed by atoms with van der Waals surface area (Å²) in [7, 11) is 0. The summed E-state index contributed by atoms with van der Waals surface area (Å²) in [5.41, 5.74) is 2.31. The molecule has 1 aromatic rings. The van der Waals surface area contributed by atoms with Crippen LogP contribution in [0.3, 0.4) is 0 Å². The maximum absolute atomic E-state index is 11.9. The third kappa shape index (κ3) is 1.60. The monoisotopic (exact) mass is 245 g/mol. The molecule has 3 rings (SSSR count). The van der Waals surface area contributed by atoms with Crippen molar-refractivity contribution in [2.45, 2.75) is 25.7 Å². The zero-order valence-electron chi connectivity index (χ0n) is 10.0. The molecule has 1 aliphatic heterocycles. The minimum absolute atomic E-state index is 0.162. The number of carboxylic acid groups (broad SMARTS) is 1. The van der Waals surface area contributed by atoms with Crippen LogP contribution in [0.1, 0.15) is 34.3 Å². The highest BCUT2D eigenvalue weighted by Crippen LogP contribution is 2.41. The van der Waals surface area contributed by atoms with Crippen molar-refractivity contribution in [3.05, 3.63) is 34.9 Å². The summed E-state index contributed by atoms with van der Waals surface area (Å²) in [6, 6.07) is 5.25. The van der Waals surface area contributed by atoms with E-state index in [-0.39, 0.29) is 11.3 Å². The van der Waals surface area contributed by atoms with Gasteiger partial charge in [-0.05, 0) is 48.9 Å². The van der Waals surface area contributed by atoms with Gasteiger partial charge in [0.25, 0.3) is 0 Å². The van der Waals surface area contributed by atoms with Gasteiger partial charge in [0.2, 0.25) is 5.91 Å². The number of hydrogen-bond acceptors (Lipinski definition) is 2. The molecule has 1 unspecified atom stereocenters. The average molecular weight is 245 g/mol. The van der Waals surface area contributed by atoms with Gasteiger partial charge in [-0.1, -0.05) is 6.07 Å². The fourth-order valence-corrected chi connectivity index (χ4v) is 3.11. The second kappa shape index (κ2) is 3.83. The Hall–Kier alpha value is -1.84. The van der Waals surface area contributed by atoms with Gasteiger partial charge in [0.05, 0.1) is 11.0 Å². The number of carbonyl (C=O) groups excluding carboxylic acids is 1. The first-order valence-electron chi connectivity index (χ1n) is 6.24. The first-order chi connectivity index (χ1) is 8.61. The minimum atomic E-state index is -0.892. The van der Waals surface area contributed by atoms with Crippen molar-refractivity contribution >= 4 is 11.9 Å². The molecule has 2 aliphatic rings. The summed E-state index contributed by atoms with van der Waals surface area (Å²) in [6.45, 7) is 0.765. The van der Waals surface area contributed by atoms with Crippen LogP contribution in [-0.2, 0) is 17.6 Å². The normalized spacial score (nSPS) is 25.9. The molecule has 94 valence electrons. The van der Waals surface area contributed by atoms with Crippen LogP contribution in [0.2, 0.25) is 0 Å². The number of aryl methyl sites for hydroxylation is 1. The predicted octanol–water partition coefficient (Wildman–Crippen LogP) is 1.38. The number of carboxylic acids is 1. The summed E-state index contributed by atoms with van der Waals surface area (Å²) in [4.78, 5) is 22.9. The molecule has 4 heteroatoms. The zero-order chi connectivity index (χ0) is 12.8. The molecule has 0 saturated carbocycles. The molecule has 4 nitrogen and oxygen atoms in total. The van der Waals surface area contributed by atoms with Gasteiger partial charge in [0, 0.05) is 6.54 Å². The lowest BCUT2D eigenvalue weighted by Crippen LogP contribution is -2.36. The van der Waals surface area contributed by atoms with Crippen molar-refractivity contribution in [1.29, 1.82) is 0 Å². The van der Waals surface area contributed by atoms with Crippen LogP contribution in [0.4, 0.5) is 0 Å². The van der Waals surface area contributed by atoms with Crippen molar-refractivity contribution in [2.24, 2.45) is 5.41 Å². The zero-order valence-corrected chi connectivity index (χ0v) is 10.0. The van der Waals surface area contributed by atoms with Gasteiger partial charge in [-0.3, -0.25) is 4.79 Å². The van der Waals surface area contributed by atoms with E-state index >= 15 is 0 Å². The third-order valence-corrected chi connectivity index (χ3v) is 4.23. The Labute approximate surface area is 105 Å². The van der Waals surface area contributed by atoms with E-state index in [1.165, 1.54) is 0 Å². The lowest BCUT2D eigenvalue weighted by molar-refractivity contribution is -0.128. The van der Waals surface area contributed by atoms with Crippen LogP contribution < -0.4 is 5.32 Å². The van der Waals surface area contributed by atoms with Gasteiger partial charge in [-0.2, -0.15) is 0 Å². The predicted molar refractivity (Wildman–Crippen MR) is 65.5 cm³/mol. The lowest BCUT2D eigenvalue weighted by Gasteiger charge is -2.32. The van der Waals surface area contributed by atoms with Gasteiger partial charge in [-0.25, -0.2) is 4.79 Å². The molecule has 1 atom stereocenters. The molecular weight excluding hydrogens is 230 g/mol. The van der Waals surface area contributed by atoms with Gasteiger partial charge < -0.3 is 10.4 Å². The molecule has 1 amide bonds. The van der Waals surface area contributed by atoms with Crippen LogP contribution in [0.5, 0.6) is 0 Å². The Balaban J connectivity index is 1.94. The van der Waals surface area contributed by atoms with Gasteiger partial charge >= 0.3 is 5.97 Å². The number of benzene rings is 1. The first-order valence-corrected chi connectivity index (χ1v) is 6.24. The van der Waals surface area contributed by atoms with Crippen LogP contribution in [0.25, 0.3) is 0 Å². The number of hydrogen-bond donors (Lipinski definition) is 2. The number of aromatic carboxylic acids is 1.